The number of hydrogen-bond acceptors (Lipinski definition) is 7. The van der Waals surface area contributed by atoms with E-state index in [1.807, 2.05) is 30.3 Å². The quantitative estimate of drug-likeness (QED) is 0.512. The molecule has 0 aliphatic carbocycles. The third-order valence-electron chi connectivity index (χ3n) is 4.41. The molecule has 9 heteroatoms. The molecule has 1 aliphatic heterocycles. The fourth-order valence-corrected chi connectivity index (χ4v) is 3.02. The maximum atomic E-state index is 13.2. The molecule has 0 saturated carbocycles. The lowest BCUT2D eigenvalue weighted by molar-refractivity contribution is -0.111. The first-order valence-electron chi connectivity index (χ1n) is 9.08. The summed E-state index contributed by atoms with van der Waals surface area (Å²) < 4.78 is 17.5. The van der Waals surface area contributed by atoms with Gasteiger partial charge < -0.3 is 19.2 Å². The molecular formula is C21H15N5O4. The van der Waals surface area contributed by atoms with Crippen molar-refractivity contribution < 1.29 is 18.7 Å². The summed E-state index contributed by atoms with van der Waals surface area (Å²) in [5.74, 6) is 1.69. The Bertz CT molecular complexity index is 1220. The number of tetrazole rings is 1. The van der Waals surface area contributed by atoms with Crippen molar-refractivity contribution in [2.45, 2.75) is 0 Å². The molecule has 1 amide bonds. The van der Waals surface area contributed by atoms with Gasteiger partial charge in [-0.3, -0.25) is 4.79 Å². The van der Waals surface area contributed by atoms with Crippen molar-refractivity contribution in [1.82, 2.24) is 20.2 Å². The van der Waals surface area contributed by atoms with E-state index in [-0.39, 0.29) is 12.5 Å². The van der Waals surface area contributed by atoms with E-state index in [1.54, 1.807) is 36.4 Å². The van der Waals surface area contributed by atoms with Crippen LogP contribution in [-0.2, 0) is 4.79 Å². The second-order valence-electron chi connectivity index (χ2n) is 6.35. The van der Waals surface area contributed by atoms with Crippen molar-refractivity contribution in [1.29, 1.82) is 0 Å². The van der Waals surface area contributed by atoms with Crippen molar-refractivity contribution in [2.75, 3.05) is 12.1 Å². The van der Waals surface area contributed by atoms with Crippen LogP contribution in [0.15, 0.2) is 71.3 Å². The highest BCUT2D eigenvalue weighted by Crippen LogP contribution is 2.34. The minimum Gasteiger partial charge on any atom is -0.465 e. The van der Waals surface area contributed by atoms with E-state index in [0.29, 0.717) is 28.8 Å². The largest absolute Gasteiger partial charge is 0.465 e. The Morgan fingerprint density at radius 2 is 1.90 bits per heavy atom. The first kappa shape index (κ1) is 17.7. The summed E-state index contributed by atoms with van der Waals surface area (Å²) in [5, 5.41) is 14.7. The second-order valence-corrected chi connectivity index (χ2v) is 6.35. The van der Waals surface area contributed by atoms with Crippen LogP contribution in [0.3, 0.4) is 0 Å². The van der Waals surface area contributed by atoms with Crippen molar-refractivity contribution in [3.63, 3.8) is 0 Å². The molecule has 0 radical (unpaired) electrons. The average molecular weight is 401 g/mol. The van der Waals surface area contributed by atoms with Crippen LogP contribution < -0.4 is 14.8 Å². The Hall–Kier alpha value is -4.40. The minimum absolute atomic E-state index is 0.154. The van der Waals surface area contributed by atoms with Gasteiger partial charge in [-0.05, 0) is 34.7 Å². The number of hydrogen-bond donors (Lipinski definition) is 1. The molecule has 30 heavy (non-hydrogen) atoms. The van der Waals surface area contributed by atoms with Gasteiger partial charge in [0.2, 0.25) is 6.79 Å². The molecule has 4 aromatic rings. The summed E-state index contributed by atoms with van der Waals surface area (Å²) in [4.78, 5) is 13.2. The Morgan fingerprint density at radius 3 is 2.73 bits per heavy atom. The molecule has 0 unspecified atom stereocenters. The van der Waals surface area contributed by atoms with Crippen molar-refractivity contribution in [3.8, 4) is 22.9 Å². The predicted molar refractivity (Wildman–Crippen MR) is 107 cm³/mol. The van der Waals surface area contributed by atoms with Crippen LogP contribution in [0.1, 0.15) is 5.76 Å². The molecule has 0 atom stereocenters. The van der Waals surface area contributed by atoms with Gasteiger partial charge in [-0.25, -0.2) is 0 Å². The van der Waals surface area contributed by atoms with Crippen LogP contribution >= 0.6 is 0 Å². The summed E-state index contributed by atoms with van der Waals surface area (Å²) in [7, 11) is 0. The van der Waals surface area contributed by atoms with Gasteiger partial charge in [0, 0.05) is 23.4 Å². The zero-order valence-corrected chi connectivity index (χ0v) is 15.6. The van der Waals surface area contributed by atoms with E-state index in [4.69, 9.17) is 13.9 Å². The molecule has 1 aliphatic rings. The molecular weight excluding hydrogens is 386 g/mol. The molecule has 148 valence electrons. The summed E-state index contributed by atoms with van der Waals surface area (Å²) in [6, 6.07) is 18.0. The molecule has 2 aromatic heterocycles. The van der Waals surface area contributed by atoms with Gasteiger partial charge in [0.05, 0.1) is 6.26 Å². The van der Waals surface area contributed by atoms with Crippen molar-refractivity contribution >= 4 is 23.4 Å². The fraction of sp³-hybridized carbons (Fsp3) is 0.0476. The van der Waals surface area contributed by atoms with Gasteiger partial charge in [0.15, 0.2) is 17.3 Å². The number of carbonyl (C=O) groups excluding carboxylic acids is 1. The van der Waals surface area contributed by atoms with Crippen LogP contribution in [0.2, 0.25) is 0 Å². The van der Waals surface area contributed by atoms with Crippen LogP contribution in [0.4, 0.5) is 5.69 Å². The number of nitrogens with zero attached hydrogens (tertiary/aromatic N) is 4. The van der Waals surface area contributed by atoms with E-state index in [9.17, 15) is 4.79 Å². The molecule has 0 bridgehead atoms. The van der Waals surface area contributed by atoms with Crippen LogP contribution in [-0.4, -0.2) is 32.9 Å². The maximum Gasteiger partial charge on any atom is 0.274 e. The summed E-state index contributed by atoms with van der Waals surface area (Å²) >= 11 is 0. The number of carbonyl (C=O) groups is 1. The van der Waals surface area contributed by atoms with Gasteiger partial charge in [0.25, 0.3) is 5.91 Å². The van der Waals surface area contributed by atoms with Crippen molar-refractivity contribution in [2.24, 2.45) is 0 Å². The lowest BCUT2D eigenvalue weighted by Gasteiger charge is -2.11. The van der Waals surface area contributed by atoms with Crippen LogP contribution in [0.5, 0.6) is 11.5 Å². The molecule has 2 aromatic carbocycles. The number of nitrogens with one attached hydrogen (secondary N) is 1. The Morgan fingerprint density at radius 1 is 1.03 bits per heavy atom. The number of rotatable bonds is 5. The van der Waals surface area contributed by atoms with Gasteiger partial charge in [-0.1, -0.05) is 30.3 Å². The van der Waals surface area contributed by atoms with E-state index >= 15 is 0 Å². The number of amides is 1. The lowest BCUT2D eigenvalue weighted by atomic mass is 10.2. The number of benzene rings is 2. The minimum atomic E-state index is -0.422. The smallest absolute Gasteiger partial charge is 0.274 e. The number of anilines is 1. The molecule has 0 saturated heterocycles. The highest BCUT2D eigenvalue weighted by molar-refractivity contribution is 6.24. The van der Waals surface area contributed by atoms with Gasteiger partial charge in [-0.15, -0.1) is 5.10 Å². The molecule has 0 fully saturated rings. The SMILES string of the molecule is O=C(Nc1ccc2c(c1)OCO2)/C(=C/c1ccco1)n1nnnc1-c1ccccc1. The van der Waals surface area contributed by atoms with Gasteiger partial charge in [0.1, 0.15) is 11.5 Å². The maximum absolute atomic E-state index is 13.2. The fourth-order valence-electron chi connectivity index (χ4n) is 3.02. The summed E-state index contributed by atoms with van der Waals surface area (Å²) in [5.41, 5.74) is 1.50. The Balaban J connectivity index is 1.52. The average Bonchev–Trinajstić information content (AvgIpc) is 3.53. The highest BCUT2D eigenvalue weighted by atomic mass is 16.7. The normalized spacial score (nSPS) is 12.7. The molecule has 5 rings (SSSR count). The highest BCUT2D eigenvalue weighted by Gasteiger charge is 2.21. The van der Waals surface area contributed by atoms with Gasteiger partial charge in [-0.2, -0.15) is 4.68 Å². The molecule has 1 N–H and O–H groups in total. The number of fused-ring (bicyclic) bond motifs is 1. The van der Waals surface area contributed by atoms with Gasteiger partial charge >= 0.3 is 0 Å². The monoisotopic (exact) mass is 401 g/mol. The molecule has 3 heterocycles. The predicted octanol–water partition coefficient (Wildman–Crippen LogP) is 3.30. The standard InChI is InChI=1S/C21H15N5O4/c27-21(22-15-8-9-18-19(11-15)30-13-29-18)17(12-16-7-4-10-28-16)26-20(23-24-25-26)14-5-2-1-3-6-14/h1-12H,13H2,(H,22,27)/b17-12-. The van der Waals surface area contributed by atoms with Crippen LogP contribution in [0.25, 0.3) is 23.2 Å². The lowest BCUT2D eigenvalue weighted by Crippen LogP contribution is -2.19. The van der Waals surface area contributed by atoms with E-state index in [0.717, 1.165) is 5.56 Å². The second kappa shape index (κ2) is 7.55. The van der Waals surface area contributed by atoms with E-state index in [2.05, 4.69) is 20.8 Å². The summed E-state index contributed by atoms with van der Waals surface area (Å²) in [6.07, 6.45) is 3.10. The third-order valence-corrected chi connectivity index (χ3v) is 4.41. The first-order valence-corrected chi connectivity index (χ1v) is 9.08. The number of aromatic nitrogens is 4. The zero-order valence-electron chi connectivity index (χ0n) is 15.6. The Kier molecular flexibility index (Phi) is 4.45. The zero-order chi connectivity index (χ0) is 20.3. The number of furan rings is 1. The van der Waals surface area contributed by atoms with E-state index < -0.39 is 5.91 Å². The Labute approximate surface area is 170 Å². The molecule has 0 spiro atoms. The van der Waals surface area contributed by atoms with Crippen molar-refractivity contribution in [3.05, 3.63) is 72.7 Å². The van der Waals surface area contributed by atoms with Crippen LogP contribution in [0, 0.1) is 0 Å². The third kappa shape index (κ3) is 3.39. The topological polar surface area (TPSA) is 104 Å². The molecule has 9 nitrogen and oxygen atoms in total. The number of ether oxygens (including phenoxy) is 2. The first-order chi connectivity index (χ1) is 14.8. The van der Waals surface area contributed by atoms with E-state index in [1.165, 1.54) is 10.9 Å². The summed E-state index contributed by atoms with van der Waals surface area (Å²) in [6.45, 7) is 0.154.